The number of hydrogen-bond donors (Lipinski definition) is 1. The minimum atomic E-state index is 0.251. The van der Waals surface area contributed by atoms with Crippen molar-refractivity contribution in [1.82, 2.24) is 10.3 Å². The van der Waals surface area contributed by atoms with E-state index in [0.717, 1.165) is 23.1 Å². The van der Waals surface area contributed by atoms with Crippen LogP contribution in [0, 0.1) is 0 Å². The number of nitrogens with one attached hydrogen (secondary N) is 1. The van der Waals surface area contributed by atoms with E-state index >= 15 is 0 Å². The van der Waals surface area contributed by atoms with E-state index in [2.05, 4.69) is 74.9 Å². The molecule has 0 bridgehead atoms. The molecule has 0 radical (unpaired) electrons. The largest absolute Gasteiger partial charge is 0.309 e. The second kappa shape index (κ2) is 6.69. The Kier molecular flexibility index (Phi) is 4.68. The average molecular weight is 361 g/mol. The van der Waals surface area contributed by atoms with Crippen LogP contribution >= 0.6 is 27.3 Å². The Bertz CT molecular complexity index is 721. The first-order chi connectivity index (χ1) is 10.3. The summed E-state index contributed by atoms with van der Waals surface area (Å²) in [6.07, 6.45) is 2.83. The maximum absolute atomic E-state index is 4.55. The molecule has 0 saturated heterocycles. The topological polar surface area (TPSA) is 24.9 Å². The highest BCUT2D eigenvalue weighted by atomic mass is 79.9. The van der Waals surface area contributed by atoms with Gasteiger partial charge in [-0.05, 0) is 63.4 Å². The Hall–Kier alpha value is -1.23. The number of rotatable bonds is 5. The predicted molar refractivity (Wildman–Crippen MR) is 93.9 cm³/mol. The highest BCUT2D eigenvalue weighted by Crippen LogP contribution is 2.29. The molecule has 2 aromatic heterocycles. The quantitative estimate of drug-likeness (QED) is 0.695. The summed E-state index contributed by atoms with van der Waals surface area (Å²) in [4.78, 5) is 4.55. The molecule has 0 aliphatic rings. The van der Waals surface area contributed by atoms with Gasteiger partial charge in [0.05, 0.1) is 11.7 Å². The summed E-state index contributed by atoms with van der Waals surface area (Å²) < 4.78 is 2.37. The average Bonchev–Trinajstić information content (AvgIpc) is 2.91. The Morgan fingerprint density at radius 1 is 1.24 bits per heavy atom. The van der Waals surface area contributed by atoms with E-state index in [1.165, 1.54) is 15.6 Å². The van der Waals surface area contributed by atoms with E-state index in [4.69, 9.17) is 0 Å². The lowest BCUT2D eigenvalue weighted by Crippen LogP contribution is -2.23. The van der Waals surface area contributed by atoms with E-state index in [1.54, 1.807) is 0 Å². The molecule has 0 aliphatic heterocycles. The lowest BCUT2D eigenvalue weighted by atomic mass is 10.0. The summed E-state index contributed by atoms with van der Waals surface area (Å²) in [5.74, 6) is 0. The molecule has 21 heavy (non-hydrogen) atoms. The van der Waals surface area contributed by atoms with Gasteiger partial charge in [0.25, 0.3) is 0 Å². The molecule has 0 aliphatic carbocycles. The van der Waals surface area contributed by atoms with Crippen molar-refractivity contribution in [3.05, 3.63) is 63.7 Å². The minimum absolute atomic E-state index is 0.251. The molecular formula is C17H17BrN2S. The normalized spacial score (nSPS) is 12.7. The van der Waals surface area contributed by atoms with Crippen LogP contribution in [0.25, 0.3) is 10.1 Å². The van der Waals surface area contributed by atoms with Gasteiger partial charge in [0, 0.05) is 15.4 Å². The number of aromatic nitrogens is 1. The Morgan fingerprint density at radius 3 is 2.86 bits per heavy atom. The second-order valence-electron chi connectivity index (χ2n) is 4.97. The van der Waals surface area contributed by atoms with Crippen molar-refractivity contribution in [3.8, 4) is 0 Å². The Morgan fingerprint density at radius 2 is 2.10 bits per heavy atom. The van der Waals surface area contributed by atoms with Gasteiger partial charge in [0.15, 0.2) is 0 Å². The molecular weight excluding hydrogens is 344 g/mol. The molecule has 108 valence electrons. The summed E-state index contributed by atoms with van der Waals surface area (Å²) in [5.41, 5.74) is 2.49. The molecule has 0 saturated carbocycles. The number of thiophene rings is 1. The molecule has 3 rings (SSSR count). The highest BCUT2D eigenvalue weighted by molar-refractivity contribution is 9.10. The van der Waals surface area contributed by atoms with Crippen LogP contribution in [0.2, 0.25) is 0 Å². The van der Waals surface area contributed by atoms with Gasteiger partial charge in [-0.15, -0.1) is 11.3 Å². The van der Waals surface area contributed by atoms with Crippen LogP contribution in [0.5, 0.6) is 0 Å². The van der Waals surface area contributed by atoms with Gasteiger partial charge in [-0.25, -0.2) is 0 Å². The van der Waals surface area contributed by atoms with Crippen LogP contribution in [0.4, 0.5) is 0 Å². The number of nitrogens with zero attached hydrogens (tertiary/aromatic N) is 1. The second-order valence-corrected chi connectivity index (χ2v) is 6.80. The summed E-state index contributed by atoms with van der Waals surface area (Å²) in [6, 6.07) is 13.0. The maximum atomic E-state index is 4.55. The molecule has 3 aromatic rings. The molecule has 0 spiro atoms. The Labute approximate surface area is 137 Å². The fourth-order valence-corrected chi connectivity index (χ4v) is 3.74. The van der Waals surface area contributed by atoms with Gasteiger partial charge in [0.2, 0.25) is 0 Å². The van der Waals surface area contributed by atoms with Gasteiger partial charge in [0.1, 0.15) is 0 Å². The molecule has 0 amide bonds. The van der Waals surface area contributed by atoms with E-state index in [0.29, 0.717) is 0 Å². The van der Waals surface area contributed by atoms with Crippen molar-refractivity contribution in [3.63, 3.8) is 0 Å². The van der Waals surface area contributed by atoms with E-state index in [1.807, 2.05) is 17.5 Å². The number of hydrogen-bond acceptors (Lipinski definition) is 3. The number of halogens is 1. The fraction of sp³-hybridized carbons (Fsp3) is 0.235. The lowest BCUT2D eigenvalue weighted by molar-refractivity contribution is 0.538. The summed E-state index contributed by atoms with van der Waals surface area (Å²) in [6.45, 7) is 3.07. The summed E-state index contributed by atoms with van der Waals surface area (Å²) in [5, 5.41) is 7.18. The number of pyridine rings is 1. The molecule has 0 fully saturated rings. The van der Waals surface area contributed by atoms with Crippen molar-refractivity contribution in [1.29, 1.82) is 0 Å². The van der Waals surface area contributed by atoms with Crippen LogP contribution in [-0.4, -0.2) is 11.5 Å². The first-order valence-corrected chi connectivity index (χ1v) is 8.75. The van der Waals surface area contributed by atoms with Gasteiger partial charge in [-0.3, -0.25) is 4.98 Å². The molecule has 4 heteroatoms. The van der Waals surface area contributed by atoms with Crippen LogP contribution in [0.3, 0.4) is 0 Å². The lowest BCUT2D eigenvalue weighted by Gasteiger charge is -2.17. The molecule has 1 N–H and O–H groups in total. The fourth-order valence-electron chi connectivity index (χ4n) is 2.53. The van der Waals surface area contributed by atoms with Gasteiger partial charge < -0.3 is 5.32 Å². The van der Waals surface area contributed by atoms with Crippen LogP contribution in [-0.2, 0) is 6.42 Å². The van der Waals surface area contributed by atoms with E-state index in [-0.39, 0.29) is 6.04 Å². The van der Waals surface area contributed by atoms with Crippen molar-refractivity contribution in [2.24, 2.45) is 0 Å². The van der Waals surface area contributed by atoms with Crippen molar-refractivity contribution in [2.45, 2.75) is 19.4 Å². The maximum Gasteiger partial charge on any atom is 0.0577 e. The highest BCUT2D eigenvalue weighted by Gasteiger charge is 2.15. The predicted octanol–water partition coefficient (Wildman–Crippen LogP) is 4.95. The third kappa shape index (κ3) is 3.34. The summed E-state index contributed by atoms with van der Waals surface area (Å²) >= 11 is 5.26. The van der Waals surface area contributed by atoms with Crippen LogP contribution in [0.1, 0.15) is 24.2 Å². The molecule has 1 unspecified atom stereocenters. The van der Waals surface area contributed by atoms with Crippen LogP contribution < -0.4 is 5.32 Å². The zero-order valence-electron chi connectivity index (χ0n) is 11.8. The molecule has 2 nitrogen and oxygen atoms in total. The van der Waals surface area contributed by atoms with Crippen LogP contribution in [0.15, 0.2) is 52.4 Å². The van der Waals surface area contributed by atoms with Crippen molar-refractivity contribution < 1.29 is 0 Å². The van der Waals surface area contributed by atoms with E-state index < -0.39 is 0 Å². The zero-order chi connectivity index (χ0) is 14.7. The molecule has 1 aromatic carbocycles. The zero-order valence-corrected chi connectivity index (χ0v) is 14.2. The first-order valence-electron chi connectivity index (χ1n) is 7.08. The SMILES string of the molecule is CCNC(Cc1csc2ccccc12)c1ccc(Br)cn1. The first kappa shape index (κ1) is 14.7. The van der Waals surface area contributed by atoms with Gasteiger partial charge in [-0.1, -0.05) is 25.1 Å². The van der Waals surface area contributed by atoms with Gasteiger partial charge >= 0.3 is 0 Å². The minimum Gasteiger partial charge on any atom is -0.309 e. The van der Waals surface area contributed by atoms with Crippen molar-refractivity contribution >= 4 is 37.4 Å². The smallest absolute Gasteiger partial charge is 0.0577 e. The standard InChI is InChI=1S/C17H17BrN2S/c1-2-19-16(15-8-7-13(18)10-20-15)9-12-11-21-17-6-4-3-5-14(12)17/h3-8,10-11,16,19H,2,9H2,1H3. The number of fused-ring (bicyclic) bond motifs is 1. The summed E-state index contributed by atoms with van der Waals surface area (Å²) in [7, 11) is 0. The van der Waals surface area contributed by atoms with Crippen molar-refractivity contribution in [2.75, 3.05) is 6.54 Å². The molecule has 1 atom stereocenters. The van der Waals surface area contributed by atoms with Gasteiger partial charge in [-0.2, -0.15) is 0 Å². The van der Waals surface area contributed by atoms with E-state index in [9.17, 15) is 0 Å². The molecule has 2 heterocycles. The monoisotopic (exact) mass is 360 g/mol. The third-order valence-corrected chi connectivity index (χ3v) is 5.02. The Balaban J connectivity index is 1.89. The number of benzene rings is 1. The number of likely N-dealkylation sites (N-methyl/N-ethyl adjacent to an activating group) is 1. The third-order valence-electron chi connectivity index (χ3n) is 3.54.